The predicted molar refractivity (Wildman–Crippen MR) is 68.5 cm³/mol. The second-order valence-electron chi connectivity index (χ2n) is 5.21. The minimum atomic E-state index is -0.00502. The van der Waals surface area contributed by atoms with Gasteiger partial charge in [0.1, 0.15) is 0 Å². The van der Waals surface area contributed by atoms with Crippen LogP contribution in [0.1, 0.15) is 53.4 Å². The Hall–Kier alpha value is -0.630. The smallest absolute Gasteiger partial charge is 0.152 e. The van der Waals surface area contributed by atoms with E-state index in [4.69, 9.17) is 4.74 Å². The van der Waals surface area contributed by atoms with E-state index in [-0.39, 0.29) is 11.4 Å². The van der Waals surface area contributed by atoms with Crippen molar-refractivity contribution >= 4 is 5.78 Å². The fourth-order valence-corrected chi connectivity index (χ4v) is 1.56. The molecule has 0 saturated heterocycles. The molecule has 0 N–H and O–H groups in total. The molecule has 0 rings (SSSR count). The molecule has 0 aliphatic heterocycles. The summed E-state index contributed by atoms with van der Waals surface area (Å²) in [5.41, 5.74) is -0.00502. The molecule has 0 aliphatic carbocycles. The van der Waals surface area contributed by atoms with Crippen molar-refractivity contribution in [2.24, 2.45) is 5.92 Å². The molecule has 0 fully saturated rings. The van der Waals surface area contributed by atoms with Crippen molar-refractivity contribution in [3.8, 4) is 0 Å². The average molecular weight is 226 g/mol. The molecule has 0 aromatic rings. The summed E-state index contributed by atoms with van der Waals surface area (Å²) in [6.45, 7) is 8.05. The molecule has 0 heterocycles. The molecule has 2 nitrogen and oxygen atoms in total. The minimum Gasteiger partial charge on any atom is -0.379 e. The van der Waals surface area contributed by atoms with Gasteiger partial charge in [0, 0.05) is 7.11 Å². The molecule has 0 bridgehead atoms. The van der Waals surface area contributed by atoms with Crippen LogP contribution in [0.2, 0.25) is 0 Å². The van der Waals surface area contributed by atoms with Crippen LogP contribution in [0.4, 0.5) is 0 Å². The highest BCUT2D eigenvalue weighted by molar-refractivity contribution is 5.87. The number of ketones is 1. The molecular weight excluding hydrogens is 200 g/mol. The Morgan fingerprint density at radius 3 is 2.56 bits per heavy atom. The summed E-state index contributed by atoms with van der Waals surface area (Å²) in [4.78, 5) is 10.7. The van der Waals surface area contributed by atoms with Gasteiger partial charge in [-0.05, 0) is 45.6 Å². The quantitative estimate of drug-likeness (QED) is 0.589. The second-order valence-corrected chi connectivity index (χ2v) is 5.21. The highest BCUT2D eigenvalue weighted by Crippen LogP contribution is 2.20. The lowest BCUT2D eigenvalue weighted by atomic mass is 9.95. The number of rotatable bonds is 8. The topological polar surface area (TPSA) is 26.3 Å². The van der Waals surface area contributed by atoms with Crippen molar-refractivity contribution in [1.29, 1.82) is 0 Å². The van der Waals surface area contributed by atoms with Crippen molar-refractivity contribution < 1.29 is 9.53 Å². The number of hydrogen-bond acceptors (Lipinski definition) is 2. The van der Waals surface area contributed by atoms with Gasteiger partial charge in [-0.2, -0.15) is 0 Å². The summed E-state index contributed by atoms with van der Waals surface area (Å²) < 4.78 is 5.37. The van der Waals surface area contributed by atoms with E-state index in [1.54, 1.807) is 20.1 Å². The van der Waals surface area contributed by atoms with E-state index >= 15 is 0 Å². The van der Waals surface area contributed by atoms with Crippen molar-refractivity contribution in [3.05, 3.63) is 12.2 Å². The van der Waals surface area contributed by atoms with E-state index in [1.165, 1.54) is 12.8 Å². The zero-order chi connectivity index (χ0) is 12.6. The molecule has 0 aliphatic rings. The van der Waals surface area contributed by atoms with Crippen LogP contribution >= 0.6 is 0 Å². The first-order chi connectivity index (χ1) is 7.37. The van der Waals surface area contributed by atoms with E-state index in [1.807, 2.05) is 6.08 Å². The third-order valence-electron chi connectivity index (χ3n) is 2.92. The van der Waals surface area contributed by atoms with Gasteiger partial charge in [-0.1, -0.05) is 25.8 Å². The summed E-state index contributed by atoms with van der Waals surface area (Å²) in [7, 11) is 1.76. The van der Waals surface area contributed by atoms with Gasteiger partial charge in [-0.3, -0.25) is 4.79 Å². The zero-order valence-electron chi connectivity index (χ0n) is 11.4. The maximum atomic E-state index is 10.7. The molecule has 0 amide bonds. The highest BCUT2D eigenvalue weighted by Gasteiger charge is 2.15. The molecule has 0 spiro atoms. The molecule has 2 heteroatoms. The van der Waals surface area contributed by atoms with E-state index < -0.39 is 0 Å². The van der Waals surface area contributed by atoms with Crippen LogP contribution in [0.25, 0.3) is 0 Å². The summed E-state index contributed by atoms with van der Waals surface area (Å²) in [6.07, 6.45) is 8.09. The SMILES string of the molecule is COC(C)(C)CCCC(C)CC=CC(C)=O. The molecule has 0 radical (unpaired) electrons. The van der Waals surface area contributed by atoms with Crippen LogP contribution in [0, 0.1) is 5.92 Å². The van der Waals surface area contributed by atoms with E-state index in [2.05, 4.69) is 20.8 Å². The third kappa shape index (κ3) is 8.66. The number of carbonyl (C=O) groups is 1. The molecule has 0 aromatic heterocycles. The minimum absolute atomic E-state index is 0.00502. The molecule has 1 unspecified atom stereocenters. The van der Waals surface area contributed by atoms with Crippen LogP contribution in [-0.2, 0) is 9.53 Å². The van der Waals surface area contributed by atoms with Gasteiger partial charge in [0.05, 0.1) is 5.60 Å². The molecule has 16 heavy (non-hydrogen) atoms. The fraction of sp³-hybridized carbons (Fsp3) is 0.786. The Balaban J connectivity index is 3.66. The van der Waals surface area contributed by atoms with Gasteiger partial charge < -0.3 is 4.74 Å². The molecular formula is C14H26O2. The molecule has 0 aromatic carbocycles. The monoisotopic (exact) mass is 226 g/mol. The van der Waals surface area contributed by atoms with Gasteiger partial charge in [0.25, 0.3) is 0 Å². The van der Waals surface area contributed by atoms with Gasteiger partial charge in [-0.25, -0.2) is 0 Å². The van der Waals surface area contributed by atoms with E-state index in [0.717, 1.165) is 12.8 Å². The first kappa shape index (κ1) is 15.4. The predicted octanol–water partition coefficient (Wildman–Crippen LogP) is 3.75. The Morgan fingerprint density at radius 2 is 2.06 bits per heavy atom. The van der Waals surface area contributed by atoms with Crippen LogP contribution in [0.5, 0.6) is 0 Å². The number of allylic oxidation sites excluding steroid dienone is 2. The standard InChI is InChI=1S/C14H26O2/c1-12(8-6-10-13(2)15)9-7-11-14(3,4)16-5/h6,10,12H,7-9,11H2,1-5H3. The number of ether oxygens (including phenoxy) is 1. The van der Waals surface area contributed by atoms with Gasteiger partial charge in [0.15, 0.2) is 5.78 Å². The lowest BCUT2D eigenvalue weighted by Crippen LogP contribution is -2.22. The number of carbonyl (C=O) groups excluding carboxylic acids is 1. The molecule has 0 saturated carbocycles. The Morgan fingerprint density at radius 1 is 1.44 bits per heavy atom. The third-order valence-corrected chi connectivity index (χ3v) is 2.92. The summed E-state index contributed by atoms with van der Waals surface area (Å²) in [6, 6.07) is 0. The highest BCUT2D eigenvalue weighted by atomic mass is 16.5. The zero-order valence-corrected chi connectivity index (χ0v) is 11.4. The van der Waals surface area contributed by atoms with Crippen molar-refractivity contribution in [1.82, 2.24) is 0 Å². The Bertz CT molecular complexity index is 229. The lowest BCUT2D eigenvalue weighted by Gasteiger charge is -2.23. The van der Waals surface area contributed by atoms with Crippen molar-refractivity contribution in [3.63, 3.8) is 0 Å². The second kappa shape index (κ2) is 7.61. The lowest BCUT2D eigenvalue weighted by molar-refractivity contribution is -0.112. The van der Waals surface area contributed by atoms with Crippen LogP contribution < -0.4 is 0 Å². The Kier molecular flexibility index (Phi) is 7.31. The molecule has 94 valence electrons. The van der Waals surface area contributed by atoms with Crippen LogP contribution in [0.3, 0.4) is 0 Å². The van der Waals surface area contributed by atoms with Gasteiger partial charge in [-0.15, -0.1) is 0 Å². The summed E-state index contributed by atoms with van der Waals surface area (Å²) in [5, 5.41) is 0. The summed E-state index contributed by atoms with van der Waals surface area (Å²) in [5.74, 6) is 0.774. The first-order valence-corrected chi connectivity index (χ1v) is 6.09. The number of methoxy groups -OCH3 is 1. The normalized spacial score (nSPS) is 14.3. The van der Waals surface area contributed by atoms with Gasteiger partial charge >= 0.3 is 0 Å². The average Bonchev–Trinajstić information content (AvgIpc) is 2.17. The maximum absolute atomic E-state index is 10.7. The molecule has 1 atom stereocenters. The first-order valence-electron chi connectivity index (χ1n) is 6.09. The Labute approximate surface area is 100 Å². The largest absolute Gasteiger partial charge is 0.379 e. The van der Waals surface area contributed by atoms with Crippen LogP contribution in [0.15, 0.2) is 12.2 Å². The van der Waals surface area contributed by atoms with Crippen molar-refractivity contribution in [2.45, 2.75) is 59.0 Å². The van der Waals surface area contributed by atoms with E-state index in [9.17, 15) is 4.79 Å². The fourth-order valence-electron chi connectivity index (χ4n) is 1.56. The maximum Gasteiger partial charge on any atom is 0.152 e. The summed E-state index contributed by atoms with van der Waals surface area (Å²) >= 11 is 0. The van der Waals surface area contributed by atoms with E-state index in [0.29, 0.717) is 5.92 Å². The van der Waals surface area contributed by atoms with Crippen LogP contribution in [-0.4, -0.2) is 18.5 Å². The number of hydrogen-bond donors (Lipinski definition) is 0. The van der Waals surface area contributed by atoms with Crippen molar-refractivity contribution in [2.75, 3.05) is 7.11 Å². The van der Waals surface area contributed by atoms with Gasteiger partial charge in [0.2, 0.25) is 0 Å².